The van der Waals surface area contributed by atoms with Gasteiger partial charge in [-0.3, -0.25) is 0 Å². The minimum Gasteiger partial charge on any atom is -0.550 e. The topological polar surface area (TPSA) is 80.3 Å². The summed E-state index contributed by atoms with van der Waals surface area (Å²) in [5, 5.41) is 19.7. The van der Waals surface area contributed by atoms with E-state index in [0.29, 0.717) is 0 Å². The van der Waals surface area contributed by atoms with Gasteiger partial charge in [0.2, 0.25) is 0 Å². The van der Waals surface area contributed by atoms with Gasteiger partial charge in [-0.25, -0.2) is 0 Å². The summed E-state index contributed by atoms with van der Waals surface area (Å²) >= 11 is 0. The number of aliphatic carboxylic acids is 2. The second kappa shape index (κ2) is 6.28. The monoisotopic (exact) mass is 208 g/mol. The molecule has 0 saturated heterocycles. The second-order valence-electron chi connectivity index (χ2n) is 2.26. The molecular formula is C6H8O4Zn. The second-order valence-corrected chi connectivity index (χ2v) is 2.26. The third-order valence-corrected chi connectivity index (χ3v) is 1.03. The molecule has 58 valence electrons. The van der Waals surface area contributed by atoms with Crippen molar-refractivity contribution in [2.24, 2.45) is 5.92 Å². The molecule has 0 aromatic rings. The van der Waals surface area contributed by atoms with Crippen LogP contribution >= 0.6 is 0 Å². The van der Waals surface area contributed by atoms with Gasteiger partial charge in [-0.15, -0.1) is 0 Å². The van der Waals surface area contributed by atoms with Gasteiger partial charge in [0.05, 0.1) is 0 Å². The van der Waals surface area contributed by atoms with Gasteiger partial charge in [0, 0.05) is 11.9 Å². The number of carbonyl (C=O) groups excluding carboxylic acids is 2. The zero-order valence-electron chi connectivity index (χ0n) is 6.33. The maximum absolute atomic E-state index is 9.87. The SMILES string of the molecule is CC(CC(=O)[O-])CC(=O)[O-].[Zn+2]. The molecule has 11 heavy (non-hydrogen) atoms. The molecule has 0 unspecified atom stereocenters. The molecule has 0 fully saturated rings. The Hall–Kier alpha value is -0.437. The molecule has 0 N–H and O–H groups in total. The number of hydrogen-bond donors (Lipinski definition) is 0. The van der Waals surface area contributed by atoms with E-state index < -0.39 is 17.9 Å². The summed E-state index contributed by atoms with van der Waals surface area (Å²) in [5.74, 6) is -2.86. The van der Waals surface area contributed by atoms with E-state index in [2.05, 4.69) is 0 Å². The molecule has 0 amide bonds. The zero-order valence-corrected chi connectivity index (χ0v) is 9.30. The van der Waals surface area contributed by atoms with Crippen LogP contribution in [0.2, 0.25) is 0 Å². The van der Waals surface area contributed by atoms with Gasteiger partial charge in [0.25, 0.3) is 0 Å². The van der Waals surface area contributed by atoms with Gasteiger partial charge in [0.15, 0.2) is 0 Å². The van der Waals surface area contributed by atoms with E-state index in [9.17, 15) is 19.8 Å². The molecule has 0 bridgehead atoms. The summed E-state index contributed by atoms with van der Waals surface area (Å²) in [7, 11) is 0. The smallest absolute Gasteiger partial charge is 0.550 e. The van der Waals surface area contributed by atoms with Crippen molar-refractivity contribution >= 4 is 11.9 Å². The first-order valence-corrected chi connectivity index (χ1v) is 2.92. The summed E-state index contributed by atoms with van der Waals surface area (Å²) in [5.41, 5.74) is 0. The fourth-order valence-electron chi connectivity index (χ4n) is 0.641. The van der Waals surface area contributed by atoms with Crippen LogP contribution in [0.4, 0.5) is 0 Å². The molecule has 0 aliphatic carbocycles. The van der Waals surface area contributed by atoms with Crippen molar-refractivity contribution in [1.82, 2.24) is 0 Å². The molecular weight excluding hydrogens is 201 g/mol. The molecule has 4 nitrogen and oxygen atoms in total. The van der Waals surface area contributed by atoms with Crippen molar-refractivity contribution in [3.05, 3.63) is 0 Å². The minimum atomic E-state index is -1.23. The number of rotatable bonds is 4. The summed E-state index contributed by atoms with van der Waals surface area (Å²) in [6.07, 6.45) is -0.456. The van der Waals surface area contributed by atoms with Crippen LogP contribution in [0.25, 0.3) is 0 Å². The fraction of sp³-hybridized carbons (Fsp3) is 0.667. The van der Waals surface area contributed by atoms with Gasteiger partial charge >= 0.3 is 19.5 Å². The van der Waals surface area contributed by atoms with Crippen LogP contribution in [0, 0.1) is 5.92 Å². The molecule has 0 radical (unpaired) electrons. The Balaban J connectivity index is 0. The molecule has 0 saturated carbocycles. The number of carbonyl (C=O) groups is 2. The van der Waals surface area contributed by atoms with Crippen LogP contribution in [-0.4, -0.2) is 11.9 Å². The molecule has 0 rings (SSSR count). The van der Waals surface area contributed by atoms with Crippen LogP contribution in [-0.2, 0) is 29.1 Å². The van der Waals surface area contributed by atoms with Gasteiger partial charge in [-0.05, 0) is 18.8 Å². The Morgan fingerprint density at radius 3 is 1.64 bits per heavy atom. The first-order valence-electron chi connectivity index (χ1n) is 2.92. The summed E-state index contributed by atoms with van der Waals surface area (Å²) in [6.45, 7) is 1.52. The Labute approximate surface area is 77.4 Å². The number of carboxylic acids is 2. The third kappa shape index (κ3) is 9.56. The van der Waals surface area contributed by atoms with E-state index >= 15 is 0 Å². The fourth-order valence-corrected chi connectivity index (χ4v) is 0.641. The molecule has 0 aliphatic heterocycles. The van der Waals surface area contributed by atoms with Crippen molar-refractivity contribution in [3.8, 4) is 0 Å². The van der Waals surface area contributed by atoms with Gasteiger partial charge in [0.1, 0.15) is 0 Å². The number of hydrogen-bond acceptors (Lipinski definition) is 4. The van der Waals surface area contributed by atoms with Crippen LogP contribution in [0.5, 0.6) is 0 Å². The normalized spacial score (nSPS) is 8.91. The van der Waals surface area contributed by atoms with Crippen molar-refractivity contribution in [2.75, 3.05) is 0 Å². The average molecular weight is 210 g/mol. The standard InChI is InChI=1S/C6H10O4.Zn/c1-4(2-5(7)8)3-6(9)10;/h4H,2-3H2,1H3,(H,7,8)(H,9,10);/q;+2/p-2. The molecule has 0 atom stereocenters. The van der Waals surface area contributed by atoms with Gasteiger partial charge in [-0.1, -0.05) is 6.92 Å². The first-order chi connectivity index (χ1) is 4.52. The van der Waals surface area contributed by atoms with Crippen LogP contribution in [0.15, 0.2) is 0 Å². The Bertz CT molecular complexity index is 130. The largest absolute Gasteiger partial charge is 2.00 e. The quantitative estimate of drug-likeness (QED) is 0.497. The van der Waals surface area contributed by atoms with E-state index in [0.717, 1.165) is 0 Å². The molecule has 0 aromatic carbocycles. The maximum atomic E-state index is 9.87. The molecule has 5 heteroatoms. The van der Waals surface area contributed by atoms with E-state index in [1.807, 2.05) is 0 Å². The van der Waals surface area contributed by atoms with E-state index in [1.54, 1.807) is 0 Å². The Morgan fingerprint density at radius 1 is 1.18 bits per heavy atom. The van der Waals surface area contributed by atoms with E-state index in [4.69, 9.17) is 0 Å². The van der Waals surface area contributed by atoms with Crippen molar-refractivity contribution < 1.29 is 39.3 Å². The third-order valence-electron chi connectivity index (χ3n) is 1.03. The van der Waals surface area contributed by atoms with E-state index in [-0.39, 0.29) is 32.3 Å². The predicted octanol–water partition coefficient (Wildman–Crippen LogP) is -2.10. The maximum Gasteiger partial charge on any atom is 2.00 e. The molecule has 0 spiro atoms. The molecule has 0 aliphatic rings. The molecule has 0 heterocycles. The Morgan fingerprint density at radius 2 is 1.45 bits per heavy atom. The van der Waals surface area contributed by atoms with Crippen LogP contribution < -0.4 is 10.2 Å². The predicted molar refractivity (Wildman–Crippen MR) is 28.4 cm³/mol. The zero-order chi connectivity index (χ0) is 8.15. The number of carboxylic acid groups (broad SMARTS) is 2. The van der Waals surface area contributed by atoms with Crippen molar-refractivity contribution in [1.29, 1.82) is 0 Å². The van der Waals surface area contributed by atoms with E-state index in [1.165, 1.54) is 6.92 Å². The van der Waals surface area contributed by atoms with Crippen molar-refractivity contribution in [3.63, 3.8) is 0 Å². The summed E-state index contributed by atoms with van der Waals surface area (Å²) in [4.78, 5) is 19.7. The summed E-state index contributed by atoms with van der Waals surface area (Å²) in [6, 6.07) is 0. The van der Waals surface area contributed by atoms with Crippen molar-refractivity contribution in [2.45, 2.75) is 19.8 Å². The average Bonchev–Trinajstić information content (AvgIpc) is 1.58. The minimum absolute atomic E-state index is 0. The van der Waals surface area contributed by atoms with Crippen LogP contribution in [0.3, 0.4) is 0 Å². The van der Waals surface area contributed by atoms with Crippen LogP contribution in [0.1, 0.15) is 19.8 Å². The first kappa shape index (κ1) is 13.2. The van der Waals surface area contributed by atoms with Gasteiger partial charge in [-0.2, -0.15) is 0 Å². The Kier molecular flexibility index (Phi) is 7.53. The molecule has 0 aromatic heterocycles. The van der Waals surface area contributed by atoms with Gasteiger partial charge < -0.3 is 19.8 Å². The summed E-state index contributed by atoms with van der Waals surface area (Å²) < 4.78 is 0.